The van der Waals surface area contributed by atoms with Crippen LogP contribution in [0.3, 0.4) is 0 Å². The van der Waals surface area contributed by atoms with Crippen molar-refractivity contribution in [3.05, 3.63) is 0 Å². The van der Waals surface area contributed by atoms with E-state index in [4.69, 9.17) is 16.7 Å². The molecule has 0 amide bonds. The summed E-state index contributed by atoms with van der Waals surface area (Å²) in [5, 5.41) is 8.83. The zero-order valence-electron chi connectivity index (χ0n) is 9.31. The van der Waals surface area contributed by atoms with Gasteiger partial charge in [-0.2, -0.15) is 0 Å². The second-order valence-electron chi connectivity index (χ2n) is 3.82. The molecule has 0 radical (unpaired) electrons. The topological polar surface area (TPSA) is 60.9 Å². The van der Waals surface area contributed by atoms with Crippen LogP contribution in [0.15, 0.2) is 0 Å². The molecule has 0 unspecified atom stereocenters. The third-order valence-corrected chi connectivity index (χ3v) is 4.98. The van der Waals surface area contributed by atoms with Crippen LogP contribution in [0.2, 0.25) is 0 Å². The van der Waals surface area contributed by atoms with Gasteiger partial charge in [0.2, 0.25) is 10.0 Å². The van der Waals surface area contributed by atoms with Crippen LogP contribution in [0.1, 0.15) is 6.42 Å². The van der Waals surface area contributed by atoms with Crippen LogP contribution < -0.4 is 0 Å². The number of nitrogens with zero attached hydrogens (tertiary/aromatic N) is 2. The van der Waals surface area contributed by atoms with Crippen LogP contribution in [0.25, 0.3) is 0 Å². The lowest BCUT2D eigenvalue weighted by atomic mass is 10.4. The van der Waals surface area contributed by atoms with Crippen molar-refractivity contribution in [3.8, 4) is 0 Å². The van der Waals surface area contributed by atoms with Crippen molar-refractivity contribution in [1.29, 1.82) is 0 Å². The maximum atomic E-state index is 11.8. The Hall–Kier alpha value is 0.120. The number of alkyl halides is 1. The first-order valence-corrected chi connectivity index (χ1v) is 7.61. The molecule has 0 aromatic carbocycles. The van der Waals surface area contributed by atoms with Gasteiger partial charge in [-0.1, -0.05) is 0 Å². The van der Waals surface area contributed by atoms with Gasteiger partial charge in [-0.05, 0) is 13.0 Å². The molecule has 0 atom stereocenters. The molecule has 0 aromatic rings. The highest BCUT2D eigenvalue weighted by atomic mass is 35.5. The molecule has 1 aliphatic rings. The first kappa shape index (κ1) is 14.2. The predicted octanol–water partition coefficient (Wildman–Crippen LogP) is -0.445. The van der Waals surface area contributed by atoms with Gasteiger partial charge in [-0.15, -0.1) is 11.6 Å². The first-order chi connectivity index (χ1) is 7.60. The third kappa shape index (κ3) is 4.18. The number of halogens is 1. The molecule has 1 fully saturated rings. The van der Waals surface area contributed by atoms with Crippen LogP contribution in [0, 0.1) is 0 Å². The van der Waals surface area contributed by atoms with Crippen LogP contribution in [0.4, 0.5) is 0 Å². The van der Waals surface area contributed by atoms with Gasteiger partial charge in [-0.3, -0.25) is 4.90 Å². The molecule has 0 aromatic heterocycles. The zero-order valence-corrected chi connectivity index (χ0v) is 10.9. The second kappa shape index (κ2) is 6.76. The summed E-state index contributed by atoms with van der Waals surface area (Å²) < 4.78 is 25.1. The van der Waals surface area contributed by atoms with Crippen LogP contribution >= 0.6 is 11.6 Å². The summed E-state index contributed by atoms with van der Waals surface area (Å²) in [5.74, 6) is 0.147. The van der Waals surface area contributed by atoms with E-state index in [0.29, 0.717) is 26.2 Å². The monoisotopic (exact) mass is 270 g/mol. The summed E-state index contributed by atoms with van der Waals surface area (Å²) in [5.41, 5.74) is 0. The Labute approximate surface area is 102 Å². The minimum Gasteiger partial charge on any atom is -0.395 e. The Bertz CT molecular complexity index is 297. The highest BCUT2D eigenvalue weighted by Gasteiger charge is 2.24. The summed E-state index contributed by atoms with van der Waals surface area (Å²) in [6.45, 7) is 3.31. The summed E-state index contributed by atoms with van der Waals surface area (Å²) in [7, 11) is -3.18. The van der Waals surface area contributed by atoms with Crippen LogP contribution in [0.5, 0.6) is 0 Å². The number of aliphatic hydroxyl groups excluding tert-OH is 1. The van der Waals surface area contributed by atoms with E-state index in [0.717, 1.165) is 13.0 Å². The van der Waals surface area contributed by atoms with Crippen molar-refractivity contribution >= 4 is 21.6 Å². The largest absolute Gasteiger partial charge is 0.395 e. The van der Waals surface area contributed by atoms with Gasteiger partial charge in [0, 0.05) is 32.1 Å². The van der Waals surface area contributed by atoms with Gasteiger partial charge < -0.3 is 5.11 Å². The Kier molecular flexibility index (Phi) is 5.99. The second-order valence-corrected chi connectivity index (χ2v) is 6.29. The van der Waals surface area contributed by atoms with E-state index in [2.05, 4.69) is 4.90 Å². The summed E-state index contributed by atoms with van der Waals surface area (Å²) in [6, 6.07) is 0. The molecule has 1 aliphatic heterocycles. The summed E-state index contributed by atoms with van der Waals surface area (Å²) >= 11 is 5.48. The fourth-order valence-corrected chi connectivity index (χ4v) is 3.62. The maximum absolute atomic E-state index is 11.8. The van der Waals surface area contributed by atoms with E-state index in [1.807, 2.05) is 0 Å². The highest BCUT2D eigenvalue weighted by molar-refractivity contribution is 7.89. The number of hydrogen-bond acceptors (Lipinski definition) is 4. The Morgan fingerprint density at radius 3 is 2.56 bits per heavy atom. The molecule has 1 saturated heterocycles. The van der Waals surface area contributed by atoms with Crippen molar-refractivity contribution in [2.45, 2.75) is 6.42 Å². The normalized spacial score (nSPS) is 20.9. The van der Waals surface area contributed by atoms with E-state index in [-0.39, 0.29) is 18.2 Å². The quantitative estimate of drug-likeness (QED) is 0.688. The van der Waals surface area contributed by atoms with Gasteiger partial charge >= 0.3 is 0 Å². The predicted molar refractivity (Wildman–Crippen MR) is 64.2 cm³/mol. The van der Waals surface area contributed by atoms with Crippen molar-refractivity contribution in [2.24, 2.45) is 0 Å². The highest BCUT2D eigenvalue weighted by Crippen LogP contribution is 2.08. The number of aliphatic hydroxyl groups is 1. The molecule has 0 aliphatic carbocycles. The van der Waals surface area contributed by atoms with E-state index in [1.165, 1.54) is 4.31 Å². The zero-order chi connectivity index (χ0) is 12.0. The molecule has 96 valence electrons. The minimum absolute atomic E-state index is 0.00849. The Morgan fingerprint density at radius 2 is 1.94 bits per heavy atom. The molecule has 1 N–H and O–H groups in total. The summed E-state index contributed by atoms with van der Waals surface area (Å²) in [6.07, 6.45) is 0.807. The number of β-amino-alcohol motifs (C(OH)–C–C–N with tert-alkyl or cyclic N) is 1. The lowest BCUT2D eigenvalue weighted by Crippen LogP contribution is -2.37. The fourth-order valence-electron chi connectivity index (χ4n) is 1.82. The van der Waals surface area contributed by atoms with E-state index in [9.17, 15) is 8.42 Å². The molecule has 0 bridgehead atoms. The van der Waals surface area contributed by atoms with Crippen LogP contribution in [-0.2, 0) is 10.0 Å². The van der Waals surface area contributed by atoms with E-state index >= 15 is 0 Å². The molecular weight excluding hydrogens is 252 g/mol. The molecule has 1 heterocycles. The van der Waals surface area contributed by atoms with Gasteiger partial charge in [0.05, 0.1) is 12.4 Å². The number of hydrogen-bond donors (Lipinski definition) is 1. The Morgan fingerprint density at radius 1 is 1.19 bits per heavy atom. The van der Waals surface area contributed by atoms with Crippen LogP contribution in [-0.4, -0.2) is 73.7 Å². The van der Waals surface area contributed by atoms with Crippen molar-refractivity contribution in [3.63, 3.8) is 0 Å². The van der Waals surface area contributed by atoms with E-state index < -0.39 is 10.0 Å². The molecular formula is C9H19ClN2O3S. The minimum atomic E-state index is -3.18. The van der Waals surface area contributed by atoms with Crippen molar-refractivity contribution < 1.29 is 13.5 Å². The maximum Gasteiger partial charge on any atom is 0.215 e. The standard InChI is InChI=1S/C9H19ClN2O3S/c10-2-9-16(14,15)12-4-1-3-11(5-6-12)7-8-13/h13H,1-9H2. The number of rotatable bonds is 5. The molecule has 1 rings (SSSR count). The fraction of sp³-hybridized carbons (Fsp3) is 1.00. The lowest BCUT2D eigenvalue weighted by molar-refractivity contribution is 0.202. The first-order valence-electron chi connectivity index (χ1n) is 5.47. The average Bonchev–Trinajstić information content (AvgIpc) is 2.44. The van der Waals surface area contributed by atoms with Crippen molar-refractivity contribution in [2.75, 3.05) is 51.0 Å². The smallest absolute Gasteiger partial charge is 0.215 e. The molecule has 7 heteroatoms. The van der Waals surface area contributed by atoms with Gasteiger partial charge in [0.25, 0.3) is 0 Å². The molecule has 16 heavy (non-hydrogen) atoms. The average molecular weight is 271 g/mol. The van der Waals surface area contributed by atoms with Crippen molar-refractivity contribution in [1.82, 2.24) is 9.21 Å². The molecule has 0 spiro atoms. The lowest BCUT2D eigenvalue weighted by Gasteiger charge is -2.20. The van der Waals surface area contributed by atoms with Gasteiger partial charge in [-0.25, -0.2) is 12.7 Å². The number of sulfonamides is 1. The molecule has 0 saturated carbocycles. The Balaban J connectivity index is 2.53. The summed E-state index contributed by atoms with van der Waals surface area (Å²) in [4.78, 5) is 2.08. The third-order valence-electron chi connectivity index (χ3n) is 2.69. The SMILES string of the molecule is O=S(=O)(CCCl)N1CCCN(CCO)CC1. The van der Waals surface area contributed by atoms with E-state index in [1.54, 1.807) is 0 Å². The molecule has 5 nitrogen and oxygen atoms in total. The van der Waals surface area contributed by atoms with Gasteiger partial charge in [0.15, 0.2) is 0 Å². The van der Waals surface area contributed by atoms with Gasteiger partial charge in [0.1, 0.15) is 0 Å².